The van der Waals surface area contributed by atoms with E-state index in [1.807, 2.05) is 12.1 Å². The summed E-state index contributed by atoms with van der Waals surface area (Å²) in [6.45, 7) is 4.15. The molecule has 0 radical (unpaired) electrons. The van der Waals surface area contributed by atoms with Gasteiger partial charge in [0.1, 0.15) is 5.75 Å². The van der Waals surface area contributed by atoms with Crippen molar-refractivity contribution in [1.82, 2.24) is 5.16 Å². The van der Waals surface area contributed by atoms with E-state index in [-0.39, 0.29) is 5.41 Å². The zero-order valence-corrected chi connectivity index (χ0v) is 11.8. The van der Waals surface area contributed by atoms with Crippen LogP contribution in [0.3, 0.4) is 0 Å². The summed E-state index contributed by atoms with van der Waals surface area (Å²) < 4.78 is 16.0. The molecule has 0 atom stereocenters. The summed E-state index contributed by atoms with van der Waals surface area (Å²) in [4.78, 5) is 0. The van der Waals surface area contributed by atoms with E-state index < -0.39 is 0 Å². The van der Waals surface area contributed by atoms with Gasteiger partial charge in [-0.25, -0.2) is 0 Å². The molecule has 1 saturated heterocycles. The van der Waals surface area contributed by atoms with Crippen LogP contribution in [0.25, 0.3) is 11.3 Å². The summed E-state index contributed by atoms with van der Waals surface area (Å²) in [5.41, 5.74) is 6.42. The summed E-state index contributed by atoms with van der Waals surface area (Å²) in [7, 11) is 0. The molecule has 106 valence electrons. The first kappa shape index (κ1) is 13.3. The lowest BCUT2D eigenvalue weighted by Crippen LogP contribution is -2.44. The van der Waals surface area contributed by atoms with Crippen LogP contribution >= 0.6 is 11.6 Å². The number of benzene rings is 1. The van der Waals surface area contributed by atoms with Gasteiger partial charge in [0, 0.05) is 17.0 Å². The Morgan fingerprint density at radius 2 is 2.20 bits per heavy atom. The van der Waals surface area contributed by atoms with Crippen molar-refractivity contribution in [2.45, 2.75) is 6.92 Å². The van der Waals surface area contributed by atoms with Crippen LogP contribution in [0.4, 0.5) is 5.82 Å². The Kier molecular flexibility index (Phi) is 3.31. The fourth-order valence-electron chi connectivity index (χ4n) is 1.98. The van der Waals surface area contributed by atoms with Crippen LogP contribution in [0.2, 0.25) is 5.02 Å². The lowest BCUT2D eigenvalue weighted by Gasteiger charge is -2.37. The summed E-state index contributed by atoms with van der Waals surface area (Å²) >= 11 is 6.23. The Bertz CT molecular complexity index is 623. The van der Waals surface area contributed by atoms with Crippen LogP contribution in [0.15, 0.2) is 28.8 Å². The Morgan fingerprint density at radius 3 is 2.75 bits per heavy atom. The summed E-state index contributed by atoms with van der Waals surface area (Å²) in [6.07, 6.45) is 0. The molecule has 0 unspecified atom stereocenters. The molecule has 1 aromatic carbocycles. The van der Waals surface area contributed by atoms with Gasteiger partial charge >= 0.3 is 0 Å². The minimum Gasteiger partial charge on any atom is -0.491 e. The number of anilines is 1. The number of nitrogens with zero attached hydrogens (tertiary/aromatic N) is 1. The maximum Gasteiger partial charge on any atom is 0.169 e. The van der Waals surface area contributed by atoms with Crippen molar-refractivity contribution in [1.29, 1.82) is 0 Å². The predicted molar refractivity (Wildman–Crippen MR) is 75.8 cm³/mol. The van der Waals surface area contributed by atoms with Gasteiger partial charge < -0.3 is 19.7 Å². The normalized spacial score (nSPS) is 16.7. The average Bonchev–Trinajstić information content (AvgIpc) is 2.82. The molecule has 1 aliphatic heterocycles. The highest BCUT2D eigenvalue weighted by molar-refractivity contribution is 6.32. The molecule has 0 spiro atoms. The van der Waals surface area contributed by atoms with Crippen LogP contribution in [-0.2, 0) is 4.74 Å². The highest BCUT2D eigenvalue weighted by atomic mass is 35.5. The molecule has 5 nitrogen and oxygen atoms in total. The van der Waals surface area contributed by atoms with Gasteiger partial charge in [-0.15, -0.1) is 0 Å². The lowest BCUT2D eigenvalue weighted by molar-refractivity contribution is -0.120. The lowest BCUT2D eigenvalue weighted by atomic mass is 9.90. The molecule has 2 N–H and O–H groups in total. The third-order valence-electron chi connectivity index (χ3n) is 3.22. The molecule has 0 bridgehead atoms. The highest BCUT2D eigenvalue weighted by Gasteiger charge is 2.34. The number of halogens is 1. The maximum absolute atomic E-state index is 6.23. The van der Waals surface area contributed by atoms with Gasteiger partial charge in [0.2, 0.25) is 0 Å². The third-order valence-corrected chi connectivity index (χ3v) is 3.52. The van der Waals surface area contributed by atoms with Gasteiger partial charge in [-0.3, -0.25) is 0 Å². The van der Waals surface area contributed by atoms with Crippen LogP contribution in [-0.4, -0.2) is 25.0 Å². The number of hydrogen-bond donors (Lipinski definition) is 1. The van der Waals surface area contributed by atoms with Crippen molar-refractivity contribution in [3.63, 3.8) is 0 Å². The average molecular weight is 295 g/mol. The van der Waals surface area contributed by atoms with Gasteiger partial charge in [-0.2, -0.15) is 0 Å². The quantitative estimate of drug-likeness (QED) is 0.938. The van der Waals surface area contributed by atoms with E-state index in [2.05, 4.69) is 12.1 Å². The van der Waals surface area contributed by atoms with E-state index >= 15 is 0 Å². The molecule has 0 aliphatic carbocycles. The number of nitrogens with two attached hydrogens (primary N) is 1. The number of hydrogen-bond acceptors (Lipinski definition) is 5. The summed E-state index contributed by atoms with van der Waals surface area (Å²) in [6, 6.07) is 7.11. The first-order chi connectivity index (χ1) is 9.56. The van der Waals surface area contributed by atoms with Crippen molar-refractivity contribution >= 4 is 17.4 Å². The number of nitrogen functional groups attached to an aromatic ring is 1. The van der Waals surface area contributed by atoms with Gasteiger partial charge in [0.15, 0.2) is 11.6 Å². The number of ether oxygens (including phenoxy) is 2. The Hall–Kier alpha value is -1.72. The summed E-state index contributed by atoms with van der Waals surface area (Å²) in [5.74, 6) is 1.57. The van der Waals surface area contributed by atoms with Crippen LogP contribution in [0, 0.1) is 5.41 Å². The second kappa shape index (κ2) is 5.00. The second-order valence-corrected chi connectivity index (χ2v) is 5.76. The molecule has 1 fully saturated rings. The van der Waals surface area contributed by atoms with E-state index in [0.717, 1.165) is 18.8 Å². The van der Waals surface area contributed by atoms with Crippen molar-refractivity contribution in [2.75, 3.05) is 25.6 Å². The molecular formula is C14H15ClN2O3. The highest BCUT2D eigenvalue weighted by Crippen LogP contribution is 2.33. The standard InChI is InChI=1S/C14H15ClN2O3/c1-14(6-18-7-14)8-19-11-3-2-9(4-10(11)15)12-5-13(16)17-20-12/h2-5H,6-8H2,1H3,(H2,16,17). The molecule has 6 heteroatoms. The second-order valence-electron chi connectivity index (χ2n) is 5.35. The minimum atomic E-state index is 0.0847. The minimum absolute atomic E-state index is 0.0847. The largest absolute Gasteiger partial charge is 0.491 e. The van der Waals surface area contributed by atoms with Gasteiger partial charge in [-0.05, 0) is 18.2 Å². The number of aromatic nitrogens is 1. The maximum atomic E-state index is 6.23. The fourth-order valence-corrected chi connectivity index (χ4v) is 2.22. The molecule has 1 aromatic heterocycles. The fraction of sp³-hybridized carbons (Fsp3) is 0.357. The van der Waals surface area contributed by atoms with Crippen LogP contribution in [0.1, 0.15) is 6.92 Å². The zero-order valence-electron chi connectivity index (χ0n) is 11.1. The Balaban J connectivity index is 1.74. The molecule has 0 saturated carbocycles. The third kappa shape index (κ3) is 2.59. The van der Waals surface area contributed by atoms with E-state index in [0.29, 0.717) is 29.0 Å². The van der Waals surface area contributed by atoms with Gasteiger partial charge in [0.05, 0.1) is 24.8 Å². The smallest absolute Gasteiger partial charge is 0.169 e. The van der Waals surface area contributed by atoms with Crippen molar-refractivity contribution in [2.24, 2.45) is 5.41 Å². The molecule has 2 aromatic rings. The molecule has 2 heterocycles. The zero-order chi connectivity index (χ0) is 14.2. The molecule has 0 amide bonds. The Labute approximate surface area is 121 Å². The van der Waals surface area contributed by atoms with Crippen molar-refractivity contribution in [3.8, 4) is 17.1 Å². The first-order valence-electron chi connectivity index (χ1n) is 6.28. The molecule has 1 aliphatic rings. The van der Waals surface area contributed by atoms with Crippen molar-refractivity contribution < 1.29 is 14.0 Å². The summed E-state index contributed by atoms with van der Waals surface area (Å²) in [5, 5.41) is 4.18. The first-order valence-corrected chi connectivity index (χ1v) is 6.66. The van der Waals surface area contributed by atoms with E-state index in [1.165, 1.54) is 0 Å². The Morgan fingerprint density at radius 1 is 1.40 bits per heavy atom. The molecule has 3 rings (SSSR count). The van der Waals surface area contributed by atoms with E-state index in [9.17, 15) is 0 Å². The van der Waals surface area contributed by atoms with Crippen LogP contribution in [0.5, 0.6) is 5.75 Å². The van der Waals surface area contributed by atoms with Crippen LogP contribution < -0.4 is 10.5 Å². The van der Waals surface area contributed by atoms with Crippen molar-refractivity contribution in [3.05, 3.63) is 29.3 Å². The molecular weight excluding hydrogens is 280 g/mol. The van der Waals surface area contributed by atoms with Gasteiger partial charge in [0.25, 0.3) is 0 Å². The topological polar surface area (TPSA) is 70.5 Å². The van der Waals surface area contributed by atoms with E-state index in [1.54, 1.807) is 12.1 Å². The number of rotatable bonds is 4. The SMILES string of the molecule is CC1(COc2ccc(-c3cc(N)no3)cc2Cl)COC1. The molecule has 20 heavy (non-hydrogen) atoms. The monoisotopic (exact) mass is 294 g/mol. The van der Waals surface area contributed by atoms with Gasteiger partial charge in [-0.1, -0.05) is 23.7 Å². The van der Waals surface area contributed by atoms with E-state index in [4.69, 9.17) is 31.3 Å². The predicted octanol–water partition coefficient (Wildman–Crippen LogP) is 2.99.